The Labute approximate surface area is 213 Å². The summed E-state index contributed by atoms with van der Waals surface area (Å²) in [4.78, 5) is 34.5. The van der Waals surface area contributed by atoms with Gasteiger partial charge < -0.3 is 15.0 Å². The van der Waals surface area contributed by atoms with E-state index in [1.165, 1.54) is 12.1 Å². The molecule has 1 aliphatic rings. The molecule has 0 radical (unpaired) electrons. The molecule has 188 valence electrons. The molecule has 1 saturated heterocycles. The molecule has 1 aliphatic heterocycles. The normalized spacial score (nSPS) is 14.7. The first-order chi connectivity index (χ1) is 17.9. The van der Waals surface area contributed by atoms with E-state index in [2.05, 4.69) is 9.88 Å². The number of nitrogens with one attached hydrogen (secondary N) is 1. The molecule has 1 fully saturated rings. The van der Waals surface area contributed by atoms with Gasteiger partial charge >= 0.3 is 0 Å². The van der Waals surface area contributed by atoms with Crippen molar-refractivity contribution in [2.45, 2.75) is 13.5 Å². The van der Waals surface area contributed by atoms with Gasteiger partial charge in [-0.3, -0.25) is 19.8 Å². The standard InChI is InChI=1S/C28H27N5O4/c1-19(34)32-15-13-31(14-16-32)18-20-7-9-22(10-8-20)29-27(21-5-3-2-4-6-21)26-24-17-23(33(36)37)11-12-25(24)30-28(26)35/h2-12,17,30,35H,13-16,18H2,1H3. The molecule has 0 spiro atoms. The van der Waals surface area contributed by atoms with E-state index in [-0.39, 0.29) is 17.5 Å². The second kappa shape index (κ2) is 10.2. The summed E-state index contributed by atoms with van der Waals surface area (Å²) in [6, 6.07) is 21.8. The summed E-state index contributed by atoms with van der Waals surface area (Å²) in [6.45, 7) is 5.55. The van der Waals surface area contributed by atoms with E-state index in [9.17, 15) is 20.0 Å². The van der Waals surface area contributed by atoms with Crippen LogP contribution in [0.4, 0.5) is 11.4 Å². The minimum absolute atomic E-state index is 0.0614. The molecule has 0 unspecified atom stereocenters. The van der Waals surface area contributed by atoms with Gasteiger partial charge in [0.25, 0.3) is 5.69 Å². The molecule has 0 atom stereocenters. The Bertz CT molecular complexity index is 1470. The number of rotatable bonds is 6. The fourth-order valence-corrected chi connectivity index (χ4v) is 4.66. The first-order valence-corrected chi connectivity index (χ1v) is 12.1. The first-order valence-electron chi connectivity index (χ1n) is 12.1. The zero-order valence-corrected chi connectivity index (χ0v) is 20.4. The van der Waals surface area contributed by atoms with E-state index in [4.69, 9.17) is 4.99 Å². The van der Waals surface area contributed by atoms with Crippen LogP contribution >= 0.6 is 0 Å². The lowest BCUT2D eigenvalue weighted by atomic mass is 10.0. The summed E-state index contributed by atoms with van der Waals surface area (Å²) in [7, 11) is 0. The zero-order chi connectivity index (χ0) is 25.9. The van der Waals surface area contributed by atoms with Gasteiger partial charge in [-0.25, -0.2) is 4.99 Å². The molecule has 9 nitrogen and oxygen atoms in total. The number of hydrogen-bond acceptors (Lipinski definition) is 6. The third kappa shape index (κ3) is 5.22. The van der Waals surface area contributed by atoms with Gasteiger partial charge in [0.2, 0.25) is 5.91 Å². The number of piperazine rings is 1. The number of nitrogens with zero attached hydrogens (tertiary/aromatic N) is 4. The molecule has 1 amide bonds. The van der Waals surface area contributed by atoms with Crippen LogP contribution in [-0.2, 0) is 11.3 Å². The number of carbonyl (C=O) groups is 1. The van der Waals surface area contributed by atoms with Gasteiger partial charge in [-0.15, -0.1) is 0 Å². The summed E-state index contributed by atoms with van der Waals surface area (Å²) in [5.41, 5.74) is 4.06. The van der Waals surface area contributed by atoms with Crippen LogP contribution in [-0.4, -0.2) is 62.6 Å². The van der Waals surface area contributed by atoms with Crippen molar-refractivity contribution in [1.82, 2.24) is 14.8 Å². The molecule has 4 aromatic rings. The fraction of sp³-hybridized carbons (Fsp3) is 0.214. The Morgan fingerprint density at radius 2 is 1.73 bits per heavy atom. The Kier molecular flexibility index (Phi) is 6.70. The van der Waals surface area contributed by atoms with Crippen molar-refractivity contribution in [3.05, 3.63) is 99.6 Å². The SMILES string of the molecule is CC(=O)N1CCN(Cc2ccc(N=C(c3ccccc3)c3c(O)[nH]c4ccc([N+](=O)[O-])cc34)cc2)CC1. The van der Waals surface area contributed by atoms with E-state index in [1.807, 2.05) is 59.5 Å². The van der Waals surface area contributed by atoms with Gasteiger partial charge in [0, 0.05) is 68.2 Å². The molecular formula is C28H27N5O4. The van der Waals surface area contributed by atoms with Crippen molar-refractivity contribution in [2.75, 3.05) is 26.2 Å². The monoisotopic (exact) mass is 497 g/mol. The highest BCUT2D eigenvalue weighted by Crippen LogP contribution is 2.33. The minimum Gasteiger partial charge on any atom is -0.494 e. The summed E-state index contributed by atoms with van der Waals surface area (Å²) in [5.74, 6) is 0.0198. The van der Waals surface area contributed by atoms with Crippen LogP contribution < -0.4 is 0 Å². The Morgan fingerprint density at radius 3 is 2.38 bits per heavy atom. The molecule has 1 aromatic heterocycles. The lowest BCUT2D eigenvalue weighted by Gasteiger charge is -2.34. The summed E-state index contributed by atoms with van der Waals surface area (Å²) >= 11 is 0. The Balaban J connectivity index is 1.47. The van der Waals surface area contributed by atoms with Crippen molar-refractivity contribution in [3.63, 3.8) is 0 Å². The van der Waals surface area contributed by atoms with Crippen molar-refractivity contribution >= 4 is 33.9 Å². The Morgan fingerprint density at radius 1 is 1.03 bits per heavy atom. The molecule has 0 bridgehead atoms. The van der Waals surface area contributed by atoms with Crippen LogP contribution in [0.25, 0.3) is 10.9 Å². The maximum absolute atomic E-state index is 11.6. The number of carbonyl (C=O) groups excluding carboxylic acids is 1. The van der Waals surface area contributed by atoms with Crippen molar-refractivity contribution in [3.8, 4) is 5.88 Å². The van der Waals surface area contributed by atoms with Crippen molar-refractivity contribution < 1.29 is 14.8 Å². The van der Waals surface area contributed by atoms with Crippen molar-refractivity contribution in [2.24, 2.45) is 4.99 Å². The van der Waals surface area contributed by atoms with Gasteiger partial charge in [-0.1, -0.05) is 42.5 Å². The smallest absolute Gasteiger partial charge is 0.270 e. The second-order valence-electron chi connectivity index (χ2n) is 9.11. The Hall–Kier alpha value is -4.50. The summed E-state index contributed by atoms with van der Waals surface area (Å²) in [6.07, 6.45) is 0. The number of aromatic hydroxyl groups is 1. The molecular weight excluding hydrogens is 470 g/mol. The third-order valence-corrected chi connectivity index (χ3v) is 6.66. The number of H-pyrrole nitrogens is 1. The first kappa shape index (κ1) is 24.2. The number of aromatic nitrogens is 1. The largest absolute Gasteiger partial charge is 0.494 e. The maximum atomic E-state index is 11.6. The summed E-state index contributed by atoms with van der Waals surface area (Å²) in [5, 5.41) is 22.7. The highest BCUT2D eigenvalue weighted by atomic mass is 16.6. The van der Waals surface area contributed by atoms with Crippen LogP contribution in [0.2, 0.25) is 0 Å². The maximum Gasteiger partial charge on any atom is 0.270 e. The molecule has 0 aliphatic carbocycles. The van der Waals surface area contributed by atoms with Gasteiger partial charge in [0.1, 0.15) is 0 Å². The second-order valence-corrected chi connectivity index (χ2v) is 9.11. The molecule has 3 aromatic carbocycles. The number of non-ortho nitro benzene ring substituents is 1. The average molecular weight is 498 g/mol. The van der Waals surface area contributed by atoms with Gasteiger partial charge in [0.05, 0.1) is 21.9 Å². The van der Waals surface area contributed by atoms with Crippen LogP contribution in [0.1, 0.15) is 23.6 Å². The van der Waals surface area contributed by atoms with Crippen LogP contribution in [0.15, 0.2) is 77.8 Å². The van der Waals surface area contributed by atoms with Crippen molar-refractivity contribution in [1.29, 1.82) is 0 Å². The average Bonchev–Trinajstić information content (AvgIpc) is 3.23. The molecule has 37 heavy (non-hydrogen) atoms. The van der Waals surface area contributed by atoms with E-state index < -0.39 is 4.92 Å². The highest BCUT2D eigenvalue weighted by molar-refractivity contribution is 6.22. The summed E-state index contributed by atoms with van der Waals surface area (Å²) < 4.78 is 0. The topological polar surface area (TPSA) is 115 Å². The number of fused-ring (bicyclic) bond motifs is 1. The number of nitro benzene ring substituents is 1. The number of benzene rings is 3. The number of hydrogen-bond donors (Lipinski definition) is 2. The predicted molar refractivity (Wildman–Crippen MR) is 142 cm³/mol. The zero-order valence-electron chi connectivity index (χ0n) is 20.4. The van der Waals surface area contributed by atoms with E-state index in [0.29, 0.717) is 27.9 Å². The highest BCUT2D eigenvalue weighted by Gasteiger charge is 2.21. The predicted octanol–water partition coefficient (Wildman–Crippen LogP) is 4.61. The molecule has 9 heteroatoms. The minimum atomic E-state index is -0.453. The molecule has 5 rings (SSSR count). The molecule has 2 N–H and O–H groups in total. The number of nitro groups is 1. The fourth-order valence-electron chi connectivity index (χ4n) is 4.66. The van der Waals surface area contributed by atoms with E-state index >= 15 is 0 Å². The lowest BCUT2D eigenvalue weighted by molar-refractivity contribution is -0.384. The van der Waals surface area contributed by atoms with Gasteiger partial charge in [-0.05, 0) is 23.8 Å². The number of amides is 1. The van der Waals surface area contributed by atoms with Crippen LogP contribution in [0, 0.1) is 10.1 Å². The van der Waals surface area contributed by atoms with E-state index in [0.717, 1.165) is 43.9 Å². The third-order valence-electron chi connectivity index (χ3n) is 6.66. The number of aliphatic imine (C=N–C) groups is 1. The number of aromatic amines is 1. The van der Waals surface area contributed by atoms with Crippen LogP contribution in [0.5, 0.6) is 5.88 Å². The quantitative estimate of drug-likeness (QED) is 0.229. The van der Waals surface area contributed by atoms with Gasteiger partial charge in [-0.2, -0.15) is 0 Å². The van der Waals surface area contributed by atoms with Gasteiger partial charge in [0.15, 0.2) is 5.88 Å². The molecule has 0 saturated carbocycles. The van der Waals surface area contributed by atoms with Crippen LogP contribution in [0.3, 0.4) is 0 Å². The van der Waals surface area contributed by atoms with E-state index in [1.54, 1.807) is 13.0 Å². The lowest BCUT2D eigenvalue weighted by Crippen LogP contribution is -2.47. The molecule has 2 heterocycles.